The molecular weight excluding hydrogens is 435 g/mol. The molecule has 7 nitrogen and oxygen atoms in total. The molecule has 178 valence electrons. The van der Waals surface area contributed by atoms with Crippen LogP contribution in [0.15, 0.2) is 36.7 Å². The Balaban J connectivity index is 1.38. The molecule has 1 aromatic carbocycles. The van der Waals surface area contributed by atoms with Crippen LogP contribution in [0.1, 0.15) is 42.3 Å². The molecule has 3 atom stereocenters. The highest BCUT2D eigenvalue weighted by Crippen LogP contribution is 2.35. The van der Waals surface area contributed by atoms with Crippen molar-refractivity contribution in [3.8, 4) is 17.6 Å². The van der Waals surface area contributed by atoms with Gasteiger partial charge in [0.2, 0.25) is 0 Å². The number of piperidine rings is 1. The number of aliphatic carboxylic acids is 1. The van der Waals surface area contributed by atoms with E-state index in [9.17, 15) is 9.90 Å². The molecule has 0 bridgehead atoms. The molecule has 0 amide bonds. The topological polar surface area (TPSA) is 91.3 Å². The molecule has 8 heteroatoms. The smallest absolute Gasteiger partial charge is 0.308 e. The third-order valence-corrected chi connectivity index (χ3v) is 6.62. The lowest BCUT2D eigenvalue weighted by Gasteiger charge is -2.35. The molecule has 1 fully saturated rings. The first kappa shape index (κ1) is 23.7. The number of likely N-dealkylation sites (tertiary alicyclic amines) is 1. The molecule has 3 aromatic rings. The lowest BCUT2D eigenvalue weighted by Crippen LogP contribution is -2.44. The SMILES string of the molecule is COc1ccc2nccc(C(F)CC[C@@H]3CCN(CC#Cc4cn[nH]c4C)C[C@@H]3C(=O)O)c2c1. The first-order valence-corrected chi connectivity index (χ1v) is 11.5. The number of methoxy groups -OCH3 is 1. The number of nitrogens with zero attached hydrogens (tertiary/aromatic N) is 3. The van der Waals surface area contributed by atoms with E-state index in [2.05, 4.69) is 31.9 Å². The highest BCUT2D eigenvalue weighted by Gasteiger charge is 2.34. The molecule has 0 radical (unpaired) electrons. The number of hydrogen-bond donors (Lipinski definition) is 2. The number of alkyl halides is 1. The van der Waals surface area contributed by atoms with Gasteiger partial charge >= 0.3 is 5.97 Å². The molecule has 2 aromatic heterocycles. The number of hydrogen-bond acceptors (Lipinski definition) is 5. The van der Waals surface area contributed by atoms with Crippen molar-refractivity contribution < 1.29 is 19.0 Å². The third-order valence-electron chi connectivity index (χ3n) is 6.62. The van der Waals surface area contributed by atoms with Crippen LogP contribution in [0.4, 0.5) is 4.39 Å². The quantitative estimate of drug-likeness (QED) is 0.511. The number of benzene rings is 1. The van der Waals surface area contributed by atoms with Gasteiger partial charge in [0.1, 0.15) is 11.9 Å². The minimum Gasteiger partial charge on any atom is -0.497 e. The Kier molecular flexibility index (Phi) is 7.43. The van der Waals surface area contributed by atoms with Gasteiger partial charge in [-0.1, -0.05) is 11.8 Å². The summed E-state index contributed by atoms with van der Waals surface area (Å²) in [5.74, 6) is 5.41. The van der Waals surface area contributed by atoms with Gasteiger partial charge in [-0.15, -0.1) is 0 Å². The summed E-state index contributed by atoms with van der Waals surface area (Å²) in [5.41, 5.74) is 3.04. The average molecular weight is 465 g/mol. The summed E-state index contributed by atoms with van der Waals surface area (Å²) in [6, 6.07) is 7.12. The van der Waals surface area contributed by atoms with E-state index in [4.69, 9.17) is 4.74 Å². The molecule has 3 heterocycles. The van der Waals surface area contributed by atoms with Gasteiger partial charge in [0.05, 0.1) is 36.8 Å². The van der Waals surface area contributed by atoms with Gasteiger partial charge in [-0.25, -0.2) is 4.39 Å². The van der Waals surface area contributed by atoms with Gasteiger partial charge < -0.3 is 9.84 Å². The van der Waals surface area contributed by atoms with E-state index in [0.717, 1.165) is 23.2 Å². The second-order valence-corrected chi connectivity index (χ2v) is 8.77. The lowest BCUT2D eigenvalue weighted by molar-refractivity contribution is -0.146. The Morgan fingerprint density at radius 1 is 1.41 bits per heavy atom. The van der Waals surface area contributed by atoms with Gasteiger partial charge in [-0.05, 0) is 68.5 Å². The van der Waals surface area contributed by atoms with Crippen LogP contribution in [0.2, 0.25) is 0 Å². The molecule has 0 saturated carbocycles. The van der Waals surface area contributed by atoms with E-state index in [1.165, 1.54) is 0 Å². The van der Waals surface area contributed by atoms with Crippen LogP contribution in [0.25, 0.3) is 10.9 Å². The summed E-state index contributed by atoms with van der Waals surface area (Å²) in [7, 11) is 1.58. The van der Waals surface area contributed by atoms with Crippen LogP contribution in [-0.4, -0.2) is 57.9 Å². The summed E-state index contributed by atoms with van der Waals surface area (Å²) in [6.07, 6.45) is 3.59. The van der Waals surface area contributed by atoms with Gasteiger partial charge in [-0.3, -0.25) is 19.8 Å². The maximum Gasteiger partial charge on any atom is 0.308 e. The average Bonchev–Trinajstić information content (AvgIpc) is 3.26. The van der Waals surface area contributed by atoms with E-state index in [-0.39, 0.29) is 12.3 Å². The number of fused-ring (bicyclic) bond motifs is 1. The number of aromatic amines is 1. The van der Waals surface area contributed by atoms with E-state index in [1.54, 1.807) is 37.7 Å². The molecule has 1 aliphatic heterocycles. The summed E-state index contributed by atoms with van der Waals surface area (Å²) < 4.78 is 20.6. The van der Waals surface area contributed by atoms with Crippen molar-refractivity contribution in [2.45, 2.75) is 32.4 Å². The first-order chi connectivity index (χ1) is 16.5. The maximum absolute atomic E-state index is 15.3. The van der Waals surface area contributed by atoms with Crippen LogP contribution >= 0.6 is 0 Å². The molecule has 1 aliphatic rings. The fourth-order valence-corrected chi connectivity index (χ4v) is 4.62. The number of halogens is 1. The van der Waals surface area contributed by atoms with Gasteiger partial charge in [-0.2, -0.15) is 5.10 Å². The van der Waals surface area contributed by atoms with Crippen LogP contribution in [0.5, 0.6) is 5.75 Å². The fourth-order valence-electron chi connectivity index (χ4n) is 4.62. The van der Waals surface area contributed by atoms with E-state index >= 15 is 4.39 Å². The predicted molar refractivity (Wildman–Crippen MR) is 127 cm³/mol. The largest absolute Gasteiger partial charge is 0.497 e. The lowest BCUT2D eigenvalue weighted by atomic mass is 9.81. The second-order valence-electron chi connectivity index (χ2n) is 8.77. The number of rotatable bonds is 7. The summed E-state index contributed by atoms with van der Waals surface area (Å²) in [5, 5.41) is 17.4. The maximum atomic E-state index is 15.3. The fraction of sp³-hybridized carbons (Fsp3) is 0.423. The van der Waals surface area contributed by atoms with E-state index < -0.39 is 18.1 Å². The van der Waals surface area contributed by atoms with Crippen LogP contribution in [0, 0.1) is 30.6 Å². The molecule has 34 heavy (non-hydrogen) atoms. The highest BCUT2D eigenvalue weighted by molar-refractivity contribution is 5.83. The number of carboxylic acids is 1. The standard InChI is InChI=1S/C26H29FN4O3/c1-17-19(15-29-30-17)4-3-12-31-13-10-18(23(16-31)26(32)33)5-7-24(27)21-9-11-28-25-8-6-20(34-2)14-22(21)25/h6,8-9,11,14-15,18,23-24H,5,7,10,12-13,16H2,1-2H3,(H,29,30)(H,32,33)/t18-,23+,24?/m1/s1. The molecule has 4 rings (SSSR count). The van der Waals surface area contributed by atoms with Crippen molar-refractivity contribution in [3.63, 3.8) is 0 Å². The normalized spacial score (nSPS) is 19.4. The van der Waals surface area contributed by atoms with Crippen molar-refractivity contribution in [1.29, 1.82) is 0 Å². The Hall–Kier alpha value is -3.44. The number of aryl methyl sites for hydroxylation is 1. The number of aromatic nitrogens is 3. The summed E-state index contributed by atoms with van der Waals surface area (Å²) in [4.78, 5) is 18.4. The Bertz CT molecular complexity index is 1220. The van der Waals surface area contributed by atoms with Crippen molar-refractivity contribution >= 4 is 16.9 Å². The van der Waals surface area contributed by atoms with Gasteiger partial charge in [0.25, 0.3) is 0 Å². The highest BCUT2D eigenvalue weighted by atomic mass is 19.1. The Morgan fingerprint density at radius 3 is 3.00 bits per heavy atom. The van der Waals surface area contributed by atoms with Crippen molar-refractivity contribution in [2.24, 2.45) is 11.8 Å². The van der Waals surface area contributed by atoms with Crippen molar-refractivity contribution in [1.82, 2.24) is 20.1 Å². The molecular formula is C26H29FN4O3. The van der Waals surface area contributed by atoms with Crippen LogP contribution in [-0.2, 0) is 4.79 Å². The summed E-state index contributed by atoms with van der Waals surface area (Å²) in [6.45, 7) is 3.58. The van der Waals surface area contributed by atoms with Gasteiger partial charge in [0.15, 0.2) is 0 Å². The number of H-pyrrole nitrogens is 1. The van der Waals surface area contributed by atoms with E-state index in [1.807, 2.05) is 13.0 Å². The Morgan fingerprint density at radius 2 is 2.26 bits per heavy atom. The van der Waals surface area contributed by atoms with E-state index in [0.29, 0.717) is 42.8 Å². The van der Waals surface area contributed by atoms with Crippen LogP contribution in [0.3, 0.4) is 0 Å². The molecule has 1 saturated heterocycles. The Labute approximate surface area is 198 Å². The summed E-state index contributed by atoms with van der Waals surface area (Å²) >= 11 is 0. The minimum atomic E-state index is -1.20. The zero-order valence-corrected chi connectivity index (χ0v) is 19.4. The first-order valence-electron chi connectivity index (χ1n) is 11.5. The minimum absolute atomic E-state index is 0.0706. The number of carboxylic acid groups (broad SMARTS) is 1. The second kappa shape index (κ2) is 10.7. The number of pyridine rings is 1. The number of nitrogens with one attached hydrogen (secondary N) is 1. The molecule has 0 spiro atoms. The third kappa shape index (κ3) is 5.37. The molecule has 2 N–H and O–H groups in total. The monoisotopic (exact) mass is 464 g/mol. The molecule has 1 unspecified atom stereocenters. The number of ether oxygens (including phenoxy) is 1. The zero-order valence-electron chi connectivity index (χ0n) is 19.4. The molecule has 0 aliphatic carbocycles. The zero-order chi connectivity index (χ0) is 24.1. The van der Waals surface area contributed by atoms with Crippen LogP contribution < -0.4 is 4.74 Å². The van der Waals surface area contributed by atoms with Crippen molar-refractivity contribution in [2.75, 3.05) is 26.7 Å². The van der Waals surface area contributed by atoms with Crippen molar-refractivity contribution in [3.05, 3.63) is 53.5 Å². The van der Waals surface area contributed by atoms with Gasteiger partial charge in [0, 0.05) is 23.8 Å². The number of carbonyl (C=O) groups is 1. The predicted octanol–water partition coefficient (Wildman–Crippen LogP) is 4.14.